The molecule has 1 amide bonds. The maximum Gasteiger partial charge on any atom is 0.318 e. The number of ketones is 1. The summed E-state index contributed by atoms with van der Waals surface area (Å²) in [5.74, 6) is -1.97. The molecule has 3 atom stereocenters. The average molecular weight is 522 g/mol. The van der Waals surface area contributed by atoms with Crippen molar-refractivity contribution < 1.29 is 19.1 Å². The normalized spacial score (nSPS) is 16.1. The molecule has 38 heavy (non-hydrogen) atoms. The van der Waals surface area contributed by atoms with Crippen LogP contribution in [0.25, 0.3) is 0 Å². The van der Waals surface area contributed by atoms with E-state index >= 15 is 0 Å². The van der Waals surface area contributed by atoms with Crippen molar-refractivity contribution in [2.45, 2.75) is 65.6 Å². The largest absolute Gasteiger partial charge is 0.460 e. The van der Waals surface area contributed by atoms with Crippen LogP contribution in [0.2, 0.25) is 0 Å². The molecule has 1 aliphatic heterocycles. The van der Waals surface area contributed by atoms with Crippen LogP contribution < -0.4 is 11.1 Å². The molecule has 7 nitrogen and oxygen atoms in total. The number of amides is 1. The molecular weight excluding hydrogens is 478 g/mol. The Morgan fingerprint density at radius 1 is 0.974 bits per heavy atom. The van der Waals surface area contributed by atoms with Gasteiger partial charge in [0.25, 0.3) is 0 Å². The fourth-order valence-electron chi connectivity index (χ4n) is 4.89. The van der Waals surface area contributed by atoms with Gasteiger partial charge >= 0.3 is 5.97 Å². The van der Waals surface area contributed by atoms with E-state index in [0.29, 0.717) is 19.5 Å². The van der Waals surface area contributed by atoms with Gasteiger partial charge in [-0.15, -0.1) is 0 Å². The van der Waals surface area contributed by atoms with Crippen molar-refractivity contribution in [1.29, 1.82) is 0 Å². The molecule has 2 aromatic carbocycles. The van der Waals surface area contributed by atoms with Gasteiger partial charge in [-0.25, -0.2) is 0 Å². The van der Waals surface area contributed by atoms with Gasteiger partial charge in [0.2, 0.25) is 5.91 Å². The Labute approximate surface area is 227 Å². The molecule has 1 unspecified atom stereocenters. The zero-order valence-electron chi connectivity index (χ0n) is 23.0. The Bertz CT molecular complexity index is 1060. The third-order valence-corrected chi connectivity index (χ3v) is 7.09. The third kappa shape index (κ3) is 9.07. The highest BCUT2D eigenvalue weighted by Gasteiger charge is 2.33. The number of hydrogen-bond donors (Lipinski definition) is 2. The number of aryl methyl sites for hydroxylation is 1. The molecule has 0 aromatic heterocycles. The predicted molar refractivity (Wildman–Crippen MR) is 149 cm³/mol. The van der Waals surface area contributed by atoms with E-state index in [4.69, 9.17) is 10.5 Å². The fraction of sp³-hybridized carbons (Fsp3) is 0.516. The minimum Gasteiger partial charge on any atom is -0.460 e. The molecule has 206 valence electrons. The number of rotatable bonds is 13. The van der Waals surface area contributed by atoms with Gasteiger partial charge in [0.1, 0.15) is 12.5 Å². The molecule has 0 fully saturated rings. The number of hydrogen-bond acceptors (Lipinski definition) is 6. The number of Topliss-reactive ketones (excluding diaryl/α,β-unsaturated/α-hetero) is 1. The average Bonchev–Trinajstić information content (AvgIpc) is 3.11. The molecule has 0 saturated carbocycles. The lowest BCUT2D eigenvalue weighted by molar-refractivity contribution is -0.155. The van der Waals surface area contributed by atoms with Gasteiger partial charge in [-0.05, 0) is 67.3 Å². The molecule has 1 aliphatic rings. The number of nitrogens with one attached hydrogen (secondary N) is 1. The lowest BCUT2D eigenvalue weighted by Crippen LogP contribution is -2.49. The zero-order valence-corrected chi connectivity index (χ0v) is 23.0. The van der Waals surface area contributed by atoms with E-state index in [1.54, 1.807) is 0 Å². The number of ether oxygens (including phenoxy) is 1. The summed E-state index contributed by atoms with van der Waals surface area (Å²) in [5.41, 5.74) is 9.24. The van der Waals surface area contributed by atoms with E-state index in [-0.39, 0.29) is 37.2 Å². The summed E-state index contributed by atoms with van der Waals surface area (Å²) in [5, 5.41) is 2.92. The van der Waals surface area contributed by atoms with Crippen LogP contribution >= 0.6 is 0 Å². The van der Waals surface area contributed by atoms with Crippen molar-refractivity contribution in [3.05, 3.63) is 71.3 Å². The van der Waals surface area contributed by atoms with E-state index < -0.39 is 23.8 Å². The van der Waals surface area contributed by atoms with Crippen molar-refractivity contribution in [2.75, 3.05) is 19.6 Å². The second-order valence-corrected chi connectivity index (χ2v) is 11.0. The van der Waals surface area contributed by atoms with E-state index in [0.717, 1.165) is 24.9 Å². The first-order chi connectivity index (χ1) is 18.3. The highest BCUT2D eigenvalue weighted by atomic mass is 16.5. The van der Waals surface area contributed by atoms with E-state index in [1.165, 1.54) is 11.1 Å². The number of nitrogens with two attached hydrogens (primary N) is 1. The molecule has 0 bridgehead atoms. The van der Waals surface area contributed by atoms with Crippen LogP contribution in [0.5, 0.6) is 0 Å². The van der Waals surface area contributed by atoms with Crippen LogP contribution in [0.4, 0.5) is 0 Å². The van der Waals surface area contributed by atoms with Crippen LogP contribution in [0.3, 0.4) is 0 Å². The maximum absolute atomic E-state index is 13.5. The van der Waals surface area contributed by atoms with Crippen LogP contribution in [0.15, 0.2) is 54.6 Å². The van der Waals surface area contributed by atoms with Crippen molar-refractivity contribution in [2.24, 2.45) is 23.5 Å². The molecular formula is C31H43N3O4. The number of nitrogens with zero attached hydrogens (tertiary/aromatic N) is 1. The Kier molecular flexibility index (Phi) is 11.5. The standard InChI is InChI=1S/C31H43N3O4/c1-22(2)16-28(29(35)20-34-15-9-14-25-12-7-8-13-26(25)19-34)33-30(36)27(17-23(3)18-32)31(37)38-21-24-10-5-4-6-11-24/h4-8,10-13,22-23,27-28H,9,14-21,32H2,1-3H3,(H,33,36)/t23?,27-,28-/m0/s1. The monoisotopic (exact) mass is 521 g/mol. The van der Waals surface area contributed by atoms with E-state index in [1.807, 2.05) is 57.2 Å². The van der Waals surface area contributed by atoms with Gasteiger partial charge in [-0.1, -0.05) is 75.4 Å². The maximum atomic E-state index is 13.5. The SMILES string of the molecule is CC(C)C[C@H](NC(=O)[C@H](CC(C)CN)C(=O)OCc1ccccc1)C(=O)CN1CCCc2ccccc2C1. The molecule has 0 saturated heterocycles. The summed E-state index contributed by atoms with van der Waals surface area (Å²) < 4.78 is 5.51. The second-order valence-electron chi connectivity index (χ2n) is 11.0. The molecule has 7 heteroatoms. The lowest BCUT2D eigenvalue weighted by Gasteiger charge is -2.26. The number of fused-ring (bicyclic) bond motifs is 1. The third-order valence-electron chi connectivity index (χ3n) is 7.09. The number of benzene rings is 2. The van der Waals surface area contributed by atoms with Crippen LogP contribution in [0, 0.1) is 17.8 Å². The van der Waals surface area contributed by atoms with Gasteiger partial charge in [0.05, 0.1) is 12.6 Å². The van der Waals surface area contributed by atoms with Gasteiger partial charge in [-0.2, -0.15) is 0 Å². The smallest absolute Gasteiger partial charge is 0.318 e. The minimum atomic E-state index is -1.02. The highest BCUT2D eigenvalue weighted by molar-refractivity contribution is 6.00. The van der Waals surface area contributed by atoms with Gasteiger partial charge in [0, 0.05) is 6.54 Å². The summed E-state index contributed by atoms with van der Waals surface area (Å²) >= 11 is 0. The first-order valence-corrected chi connectivity index (χ1v) is 13.8. The topological polar surface area (TPSA) is 102 Å². The molecule has 0 radical (unpaired) electrons. The van der Waals surface area contributed by atoms with E-state index in [9.17, 15) is 14.4 Å². The quantitative estimate of drug-likeness (QED) is 0.306. The molecule has 1 heterocycles. The first-order valence-electron chi connectivity index (χ1n) is 13.8. The zero-order chi connectivity index (χ0) is 27.5. The van der Waals surface area contributed by atoms with Gasteiger partial charge < -0.3 is 15.8 Å². The van der Waals surface area contributed by atoms with Crippen molar-refractivity contribution in [1.82, 2.24) is 10.2 Å². The number of carbonyl (C=O) groups excluding carboxylic acids is 3. The molecule has 0 aliphatic carbocycles. The Balaban J connectivity index is 1.68. The van der Waals surface area contributed by atoms with E-state index in [2.05, 4.69) is 28.4 Å². The molecule has 2 aromatic rings. The second kappa shape index (κ2) is 14.8. The first kappa shape index (κ1) is 29.5. The summed E-state index contributed by atoms with van der Waals surface area (Å²) in [6.45, 7) is 8.18. The predicted octanol–water partition coefficient (Wildman–Crippen LogP) is 3.88. The van der Waals surface area contributed by atoms with Gasteiger partial charge in [-0.3, -0.25) is 19.3 Å². The summed E-state index contributed by atoms with van der Waals surface area (Å²) in [6.07, 6.45) is 2.76. The molecule has 0 spiro atoms. The number of esters is 1. The fourth-order valence-corrected chi connectivity index (χ4v) is 4.89. The summed E-state index contributed by atoms with van der Waals surface area (Å²) in [4.78, 5) is 42.1. The van der Waals surface area contributed by atoms with Crippen molar-refractivity contribution in [3.8, 4) is 0 Å². The summed E-state index contributed by atoms with van der Waals surface area (Å²) in [6, 6.07) is 17.1. The minimum absolute atomic E-state index is 0.0327. The molecule has 3 N–H and O–H groups in total. The van der Waals surface area contributed by atoms with Crippen LogP contribution in [-0.2, 0) is 38.7 Å². The van der Waals surface area contributed by atoms with Crippen LogP contribution in [-0.4, -0.2) is 48.2 Å². The number of carbonyl (C=O) groups is 3. The van der Waals surface area contributed by atoms with Crippen molar-refractivity contribution >= 4 is 17.7 Å². The van der Waals surface area contributed by atoms with Crippen molar-refractivity contribution in [3.63, 3.8) is 0 Å². The Morgan fingerprint density at radius 2 is 1.66 bits per heavy atom. The molecule has 3 rings (SSSR count). The van der Waals surface area contributed by atoms with Gasteiger partial charge in [0.15, 0.2) is 5.78 Å². The highest BCUT2D eigenvalue weighted by Crippen LogP contribution is 2.20. The summed E-state index contributed by atoms with van der Waals surface area (Å²) in [7, 11) is 0. The Morgan fingerprint density at radius 3 is 2.34 bits per heavy atom. The lowest BCUT2D eigenvalue weighted by atomic mass is 9.93. The van der Waals surface area contributed by atoms with Crippen LogP contribution in [0.1, 0.15) is 56.7 Å². The Hall–Kier alpha value is -3.03.